The van der Waals surface area contributed by atoms with Crippen molar-refractivity contribution in [2.45, 2.75) is 38.2 Å². The second-order valence-electron chi connectivity index (χ2n) is 8.67. The number of carbonyl (C=O) groups is 1. The van der Waals surface area contributed by atoms with Crippen LogP contribution in [0.3, 0.4) is 0 Å². The molecule has 0 aromatic heterocycles. The molecule has 31 heavy (non-hydrogen) atoms. The number of guanidine groups is 1. The fraction of sp³-hybridized carbons (Fsp3) is 0.652. The van der Waals surface area contributed by atoms with Gasteiger partial charge in [-0.2, -0.15) is 0 Å². The molecule has 2 aliphatic heterocycles. The second-order valence-corrected chi connectivity index (χ2v) is 8.67. The maximum Gasteiger partial charge on any atom is 0.251 e. The summed E-state index contributed by atoms with van der Waals surface area (Å²) in [6, 6.07) is 6.04. The van der Waals surface area contributed by atoms with Gasteiger partial charge in [0.2, 0.25) is 0 Å². The quantitative estimate of drug-likeness (QED) is 0.547. The van der Waals surface area contributed by atoms with Crippen LogP contribution < -0.4 is 14.8 Å². The lowest BCUT2D eigenvalue weighted by Gasteiger charge is -2.38. The molecule has 0 spiro atoms. The molecule has 1 atom stereocenters. The molecule has 3 rings (SSSR count). The van der Waals surface area contributed by atoms with Crippen LogP contribution in [0, 0.1) is 0 Å². The highest BCUT2D eigenvalue weighted by Gasteiger charge is 2.31. The van der Waals surface area contributed by atoms with Crippen molar-refractivity contribution >= 4 is 11.9 Å². The van der Waals surface area contributed by atoms with Gasteiger partial charge >= 0.3 is 0 Å². The van der Waals surface area contributed by atoms with E-state index in [9.17, 15) is 4.79 Å². The number of benzene rings is 1. The standard InChI is InChI=1S/C23H36N4O4/c1-23(2,17-8-9-18(29-4)20(15-17)30-5)16-25-22(24-3)27-12-10-26(11-13-27)21(28)19-7-6-14-31-19/h8-9,15,19H,6-7,10-14,16H2,1-5H3,(H,24,25). The number of amides is 1. The van der Waals surface area contributed by atoms with E-state index in [1.165, 1.54) is 0 Å². The minimum absolute atomic E-state index is 0.134. The van der Waals surface area contributed by atoms with Gasteiger partial charge in [-0.25, -0.2) is 0 Å². The Morgan fingerprint density at radius 2 is 1.84 bits per heavy atom. The molecule has 0 radical (unpaired) electrons. The largest absolute Gasteiger partial charge is 0.493 e. The maximum absolute atomic E-state index is 12.6. The summed E-state index contributed by atoms with van der Waals surface area (Å²) in [4.78, 5) is 21.2. The number of methoxy groups -OCH3 is 2. The number of hydrogen-bond donors (Lipinski definition) is 1. The van der Waals surface area contributed by atoms with Crippen molar-refractivity contribution in [3.8, 4) is 11.5 Å². The minimum Gasteiger partial charge on any atom is -0.493 e. The van der Waals surface area contributed by atoms with E-state index in [0.717, 1.165) is 49.0 Å². The van der Waals surface area contributed by atoms with E-state index in [1.807, 2.05) is 17.0 Å². The first kappa shape index (κ1) is 23.2. The Labute approximate surface area is 185 Å². The third kappa shape index (κ3) is 5.42. The van der Waals surface area contributed by atoms with E-state index in [2.05, 4.69) is 35.1 Å². The third-order valence-corrected chi connectivity index (χ3v) is 6.16. The molecule has 1 aromatic carbocycles. The molecule has 2 fully saturated rings. The number of piperazine rings is 1. The van der Waals surface area contributed by atoms with E-state index < -0.39 is 0 Å². The van der Waals surface area contributed by atoms with Gasteiger partial charge in [-0.3, -0.25) is 9.79 Å². The Balaban J connectivity index is 1.56. The Hall–Kier alpha value is -2.48. The first-order valence-electron chi connectivity index (χ1n) is 11.0. The highest BCUT2D eigenvalue weighted by atomic mass is 16.5. The van der Waals surface area contributed by atoms with Gasteiger partial charge in [0.15, 0.2) is 17.5 Å². The topological polar surface area (TPSA) is 75.6 Å². The summed E-state index contributed by atoms with van der Waals surface area (Å²) in [5.41, 5.74) is 1.01. The van der Waals surface area contributed by atoms with Crippen LogP contribution in [0.5, 0.6) is 11.5 Å². The summed E-state index contributed by atoms with van der Waals surface area (Å²) < 4.78 is 16.4. The molecule has 1 amide bonds. The van der Waals surface area contributed by atoms with Gasteiger partial charge in [0, 0.05) is 51.8 Å². The summed E-state index contributed by atoms with van der Waals surface area (Å²) in [5, 5.41) is 3.52. The Kier molecular flexibility index (Phi) is 7.64. The maximum atomic E-state index is 12.6. The van der Waals surface area contributed by atoms with E-state index in [1.54, 1.807) is 21.3 Å². The van der Waals surface area contributed by atoms with Crippen LogP contribution in [0.25, 0.3) is 0 Å². The average molecular weight is 433 g/mol. The van der Waals surface area contributed by atoms with Gasteiger partial charge in [-0.1, -0.05) is 19.9 Å². The summed E-state index contributed by atoms with van der Waals surface area (Å²) in [6.07, 6.45) is 1.57. The van der Waals surface area contributed by atoms with Gasteiger partial charge in [-0.05, 0) is 30.5 Å². The van der Waals surface area contributed by atoms with Gasteiger partial charge in [0.05, 0.1) is 14.2 Å². The highest BCUT2D eigenvalue weighted by Crippen LogP contribution is 2.33. The van der Waals surface area contributed by atoms with Crippen LogP contribution in [0.15, 0.2) is 23.2 Å². The van der Waals surface area contributed by atoms with Crippen LogP contribution in [0.2, 0.25) is 0 Å². The van der Waals surface area contributed by atoms with Crippen molar-refractivity contribution < 1.29 is 19.0 Å². The van der Waals surface area contributed by atoms with Crippen molar-refractivity contribution in [2.24, 2.45) is 4.99 Å². The summed E-state index contributed by atoms with van der Waals surface area (Å²) in [6.45, 7) is 8.69. The summed E-state index contributed by atoms with van der Waals surface area (Å²) >= 11 is 0. The highest BCUT2D eigenvalue weighted by molar-refractivity contribution is 5.83. The van der Waals surface area contributed by atoms with Crippen molar-refractivity contribution in [1.82, 2.24) is 15.1 Å². The second kappa shape index (κ2) is 10.2. The van der Waals surface area contributed by atoms with E-state index in [0.29, 0.717) is 26.2 Å². The Bertz CT molecular complexity index is 782. The van der Waals surface area contributed by atoms with Crippen LogP contribution in [0.4, 0.5) is 0 Å². The van der Waals surface area contributed by atoms with Crippen LogP contribution in [-0.2, 0) is 14.9 Å². The fourth-order valence-corrected chi connectivity index (χ4v) is 4.11. The van der Waals surface area contributed by atoms with Crippen molar-refractivity contribution in [3.63, 3.8) is 0 Å². The zero-order valence-electron chi connectivity index (χ0n) is 19.4. The molecule has 8 heteroatoms. The van der Waals surface area contributed by atoms with E-state index in [-0.39, 0.29) is 17.4 Å². The summed E-state index contributed by atoms with van der Waals surface area (Å²) in [7, 11) is 5.09. The molecule has 0 saturated carbocycles. The van der Waals surface area contributed by atoms with Crippen molar-refractivity contribution in [1.29, 1.82) is 0 Å². The average Bonchev–Trinajstić information content (AvgIpc) is 3.34. The lowest BCUT2D eigenvalue weighted by Crippen LogP contribution is -2.56. The van der Waals surface area contributed by atoms with Gasteiger partial charge in [0.25, 0.3) is 5.91 Å². The lowest BCUT2D eigenvalue weighted by atomic mass is 9.84. The van der Waals surface area contributed by atoms with Crippen LogP contribution in [-0.4, -0.2) is 88.4 Å². The molecular formula is C23H36N4O4. The van der Waals surface area contributed by atoms with Crippen molar-refractivity contribution in [2.75, 3.05) is 60.6 Å². The van der Waals surface area contributed by atoms with Crippen LogP contribution >= 0.6 is 0 Å². The Morgan fingerprint density at radius 3 is 2.42 bits per heavy atom. The predicted octanol–water partition coefficient (Wildman–Crippen LogP) is 1.88. The molecule has 2 aliphatic rings. The predicted molar refractivity (Wildman–Crippen MR) is 121 cm³/mol. The molecule has 1 aromatic rings. The number of rotatable bonds is 6. The monoisotopic (exact) mass is 432 g/mol. The van der Waals surface area contributed by atoms with Crippen molar-refractivity contribution in [3.05, 3.63) is 23.8 Å². The zero-order valence-corrected chi connectivity index (χ0v) is 19.4. The number of ether oxygens (including phenoxy) is 3. The molecule has 1 N–H and O–H groups in total. The number of aliphatic imine (C=N–C) groups is 1. The van der Waals surface area contributed by atoms with Gasteiger partial charge in [0.1, 0.15) is 6.10 Å². The molecule has 1 unspecified atom stereocenters. The smallest absolute Gasteiger partial charge is 0.251 e. The summed E-state index contributed by atoms with van der Waals surface area (Å²) in [5.74, 6) is 2.44. The van der Waals surface area contributed by atoms with Gasteiger partial charge < -0.3 is 29.3 Å². The molecule has 2 heterocycles. The number of nitrogens with one attached hydrogen (secondary N) is 1. The molecule has 2 saturated heterocycles. The Morgan fingerprint density at radius 1 is 1.16 bits per heavy atom. The molecule has 172 valence electrons. The van der Waals surface area contributed by atoms with Gasteiger partial charge in [-0.15, -0.1) is 0 Å². The minimum atomic E-state index is -0.244. The number of carbonyl (C=O) groups excluding carboxylic acids is 1. The van der Waals surface area contributed by atoms with E-state index >= 15 is 0 Å². The first-order chi connectivity index (χ1) is 14.9. The number of hydrogen-bond acceptors (Lipinski definition) is 5. The third-order valence-electron chi connectivity index (χ3n) is 6.16. The fourth-order valence-electron chi connectivity index (χ4n) is 4.11. The number of nitrogens with zero attached hydrogens (tertiary/aromatic N) is 3. The van der Waals surface area contributed by atoms with Crippen LogP contribution in [0.1, 0.15) is 32.3 Å². The molecular weight excluding hydrogens is 396 g/mol. The molecule has 8 nitrogen and oxygen atoms in total. The van der Waals surface area contributed by atoms with E-state index in [4.69, 9.17) is 14.2 Å². The normalized spacial score (nSPS) is 20.0. The first-order valence-corrected chi connectivity index (χ1v) is 11.0. The molecule has 0 bridgehead atoms. The SMILES string of the molecule is CN=C(NCC(C)(C)c1ccc(OC)c(OC)c1)N1CCN(C(=O)C2CCCO2)CC1. The zero-order chi connectivity index (χ0) is 22.4. The lowest BCUT2D eigenvalue weighted by molar-refractivity contribution is -0.142. The molecule has 0 aliphatic carbocycles.